The van der Waals surface area contributed by atoms with E-state index in [4.69, 9.17) is 19.4 Å². The number of methoxy groups -OCH3 is 1. The van der Waals surface area contributed by atoms with Gasteiger partial charge in [-0.15, -0.1) is 0 Å². The van der Waals surface area contributed by atoms with E-state index in [1.807, 2.05) is 11.1 Å². The maximum Gasteiger partial charge on any atom is 0.318 e. The number of ether oxygens (including phenoxy) is 2. The summed E-state index contributed by atoms with van der Waals surface area (Å²) in [6, 6.07) is 4.18. The Hall–Kier alpha value is -3.55. The van der Waals surface area contributed by atoms with E-state index in [1.165, 1.54) is 22.2 Å². The van der Waals surface area contributed by atoms with Crippen LogP contribution in [0.15, 0.2) is 30.5 Å². The van der Waals surface area contributed by atoms with Crippen LogP contribution < -0.4 is 14.5 Å². The molecule has 1 amide bonds. The Bertz CT molecular complexity index is 1610. The number of hydrogen-bond donors (Lipinski definition) is 1. The van der Waals surface area contributed by atoms with E-state index in [0.29, 0.717) is 39.3 Å². The number of hydrogen-bond acceptors (Lipinski definition) is 8. The Balaban J connectivity index is 1.26. The van der Waals surface area contributed by atoms with Crippen LogP contribution >= 0.6 is 0 Å². The molecule has 2 saturated heterocycles. The zero-order valence-electron chi connectivity index (χ0n) is 27.0. The van der Waals surface area contributed by atoms with Gasteiger partial charge in [-0.25, -0.2) is 8.78 Å². The van der Waals surface area contributed by atoms with E-state index in [1.54, 1.807) is 31.2 Å². The van der Waals surface area contributed by atoms with Crippen molar-refractivity contribution in [3.05, 3.63) is 52.9 Å². The highest BCUT2D eigenvalue weighted by Crippen LogP contribution is 2.38. The lowest BCUT2D eigenvalue weighted by Crippen LogP contribution is -2.49. The van der Waals surface area contributed by atoms with E-state index in [0.717, 1.165) is 35.6 Å². The highest BCUT2D eigenvalue weighted by Gasteiger charge is 2.45. The maximum absolute atomic E-state index is 14.1. The summed E-state index contributed by atoms with van der Waals surface area (Å²) in [7, 11) is 6.99. The third kappa shape index (κ3) is 6.63. The average molecular weight is 651 g/mol. The van der Waals surface area contributed by atoms with Crippen LogP contribution in [0.5, 0.6) is 6.01 Å². The van der Waals surface area contributed by atoms with Crippen LogP contribution in [-0.2, 0) is 22.5 Å². The van der Waals surface area contributed by atoms with Gasteiger partial charge in [-0.3, -0.25) is 9.69 Å². The molecule has 0 aliphatic carbocycles. The molecule has 2 fully saturated rings. The molecule has 245 valence electrons. The van der Waals surface area contributed by atoms with Crippen LogP contribution in [0.2, 0.25) is 5.54 Å². The second-order valence-corrected chi connectivity index (χ2v) is 13.4. The minimum absolute atomic E-state index is 0.0312. The van der Waals surface area contributed by atoms with Crippen LogP contribution in [0.25, 0.3) is 10.9 Å². The summed E-state index contributed by atoms with van der Waals surface area (Å²) in [6.07, 6.45) is 5.80. The summed E-state index contributed by atoms with van der Waals surface area (Å²) in [5, 5.41) is 1.18. The summed E-state index contributed by atoms with van der Waals surface area (Å²) in [5.41, 5.74) is 6.42. The van der Waals surface area contributed by atoms with Gasteiger partial charge in [-0.1, -0.05) is 6.08 Å². The van der Waals surface area contributed by atoms with Crippen molar-refractivity contribution >= 4 is 38.6 Å². The number of halogens is 2. The molecule has 3 aliphatic heterocycles. The molecule has 0 spiro atoms. The summed E-state index contributed by atoms with van der Waals surface area (Å²) in [5.74, 6) is -1.92. The van der Waals surface area contributed by atoms with Gasteiger partial charge >= 0.3 is 6.01 Å². The van der Waals surface area contributed by atoms with Crippen LogP contribution in [-0.4, -0.2) is 120 Å². The molecule has 3 aliphatic rings. The second-order valence-electron chi connectivity index (χ2n) is 12.7. The summed E-state index contributed by atoms with van der Waals surface area (Å²) in [6.45, 7) is 8.36. The van der Waals surface area contributed by atoms with Gasteiger partial charge in [0.25, 0.3) is 5.92 Å². The Kier molecular flexibility index (Phi) is 9.35. The number of aromatic amines is 1. The number of likely N-dealkylation sites (tertiary alicyclic amines) is 1. The topological polar surface area (TPSA) is 90.1 Å². The van der Waals surface area contributed by atoms with Gasteiger partial charge < -0.3 is 29.2 Å². The van der Waals surface area contributed by atoms with E-state index >= 15 is 0 Å². The van der Waals surface area contributed by atoms with Gasteiger partial charge in [0.05, 0.1) is 32.0 Å². The highest BCUT2D eigenvalue weighted by atomic mass is 28.1. The molecule has 10 nitrogen and oxygen atoms in total. The molecule has 0 saturated carbocycles. The van der Waals surface area contributed by atoms with Crippen molar-refractivity contribution < 1.29 is 23.0 Å². The largest absolute Gasteiger partial charge is 0.463 e. The van der Waals surface area contributed by atoms with Crippen LogP contribution in [0.1, 0.15) is 28.8 Å². The monoisotopic (exact) mass is 650 g/mol. The number of aryl methyl sites for hydroxylation is 1. The highest BCUT2D eigenvalue weighted by molar-refractivity contribution is 6.12. The number of alkyl halides is 2. The molecule has 2 atom stereocenters. The normalized spacial score (nSPS) is 20.9. The van der Waals surface area contributed by atoms with Gasteiger partial charge in [0, 0.05) is 97.0 Å². The number of benzene rings is 1. The Morgan fingerprint density at radius 3 is 2.70 bits per heavy atom. The van der Waals surface area contributed by atoms with Gasteiger partial charge in [-0.05, 0) is 56.1 Å². The van der Waals surface area contributed by atoms with E-state index < -0.39 is 5.92 Å². The number of amides is 1. The second kappa shape index (κ2) is 13.3. The molecule has 5 heterocycles. The standard InChI is InChI=1S/C33H42F2N7O3Si/c1-21-16-25-23(7-9-36-25)30(22(21)2)42-10-8-24-26(18-42)37-32(45-19-28(46)27-17-33(34,35)20-39(27)3)38-31(24)41-13-11-40(12-14-41)29(43)6-5-15-44-4/h5-7,9,16,27-28,36H,8,10-15,17-20H2,1-4H3/b6-5+/t27-,28-/m0/s1. The first-order valence-electron chi connectivity index (χ1n) is 15.9. The van der Waals surface area contributed by atoms with Crippen molar-refractivity contribution in [2.45, 2.75) is 50.7 Å². The number of nitrogens with one attached hydrogen (secondary N) is 1. The molecule has 13 heteroatoms. The third-order valence-electron chi connectivity index (χ3n) is 9.51. The van der Waals surface area contributed by atoms with Crippen molar-refractivity contribution in [1.29, 1.82) is 0 Å². The minimum atomic E-state index is -2.72. The van der Waals surface area contributed by atoms with E-state index in [2.05, 4.69) is 51.0 Å². The van der Waals surface area contributed by atoms with Crippen molar-refractivity contribution in [3.8, 4) is 6.01 Å². The first kappa shape index (κ1) is 32.4. The molecule has 46 heavy (non-hydrogen) atoms. The number of piperazine rings is 1. The lowest BCUT2D eigenvalue weighted by atomic mass is 9.99. The molecule has 6 rings (SSSR count). The lowest BCUT2D eigenvalue weighted by molar-refractivity contribution is -0.126. The number of carbonyl (C=O) groups excluding carboxylic acids is 1. The number of H-pyrrole nitrogens is 1. The van der Waals surface area contributed by atoms with Crippen LogP contribution in [0.3, 0.4) is 0 Å². The van der Waals surface area contributed by atoms with Gasteiger partial charge in [0.2, 0.25) is 5.91 Å². The Morgan fingerprint density at radius 2 is 1.98 bits per heavy atom. The molecular formula is C33H42F2N7O3Si. The zero-order chi connectivity index (χ0) is 32.6. The van der Waals surface area contributed by atoms with Gasteiger partial charge in [-0.2, -0.15) is 9.97 Å². The number of fused-ring (bicyclic) bond motifs is 2. The number of rotatable bonds is 9. The van der Waals surface area contributed by atoms with Gasteiger partial charge in [0.1, 0.15) is 5.82 Å². The zero-order valence-corrected chi connectivity index (χ0v) is 28.0. The summed E-state index contributed by atoms with van der Waals surface area (Å²) < 4.78 is 39.4. The Labute approximate surface area is 272 Å². The smallest absolute Gasteiger partial charge is 0.318 e. The quantitative estimate of drug-likeness (QED) is 0.278. The van der Waals surface area contributed by atoms with Crippen LogP contribution in [0.4, 0.5) is 20.3 Å². The number of aromatic nitrogens is 3. The number of carbonyl (C=O) groups is 1. The molecule has 3 radical (unpaired) electrons. The molecule has 1 aromatic carbocycles. The van der Waals surface area contributed by atoms with E-state index in [9.17, 15) is 13.6 Å². The lowest BCUT2D eigenvalue weighted by Gasteiger charge is -2.38. The van der Waals surface area contributed by atoms with Crippen molar-refractivity contribution in [2.75, 3.05) is 76.4 Å². The van der Waals surface area contributed by atoms with Crippen molar-refractivity contribution in [2.24, 2.45) is 0 Å². The first-order chi connectivity index (χ1) is 22.0. The predicted octanol–water partition coefficient (Wildman–Crippen LogP) is 3.66. The summed E-state index contributed by atoms with van der Waals surface area (Å²) >= 11 is 0. The first-order valence-corrected chi connectivity index (χ1v) is 16.5. The molecule has 2 aromatic heterocycles. The fourth-order valence-corrected chi connectivity index (χ4v) is 7.41. The van der Waals surface area contributed by atoms with Gasteiger partial charge in [0.15, 0.2) is 0 Å². The third-order valence-corrected chi connectivity index (χ3v) is 10.1. The molecule has 3 aromatic rings. The fourth-order valence-electron chi connectivity index (χ4n) is 6.96. The maximum atomic E-state index is 14.1. The predicted molar refractivity (Wildman–Crippen MR) is 175 cm³/mol. The van der Waals surface area contributed by atoms with Crippen LogP contribution in [0, 0.1) is 13.8 Å². The average Bonchev–Trinajstić information content (AvgIpc) is 3.61. The molecule has 1 N–H and O–H groups in total. The molecule has 0 unspecified atom stereocenters. The molecule has 0 bridgehead atoms. The van der Waals surface area contributed by atoms with E-state index in [-0.39, 0.29) is 43.1 Å². The number of anilines is 2. The number of nitrogens with zero attached hydrogens (tertiary/aromatic N) is 6. The minimum Gasteiger partial charge on any atom is -0.463 e. The Morgan fingerprint density at radius 1 is 1.20 bits per heavy atom. The fraction of sp³-hybridized carbons (Fsp3) is 0.545. The SMILES string of the molecule is COC/C=C/C(=O)N1CCN(c2nc(OC[C@H]([Si])[C@@H]3CC(F)(F)CN3C)nc3c2CCN(c2c(C)c(C)cc4[nH]ccc24)C3)CC1. The van der Waals surface area contributed by atoms with Crippen molar-refractivity contribution in [3.63, 3.8) is 0 Å². The molecular weight excluding hydrogens is 608 g/mol. The summed E-state index contributed by atoms with van der Waals surface area (Å²) in [4.78, 5) is 34.0. The van der Waals surface area contributed by atoms with Crippen molar-refractivity contribution in [1.82, 2.24) is 24.8 Å².